The summed E-state index contributed by atoms with van der Waals surface area (Å²) in [4.78, 5) is 9.58. The second kappa shape index (κ2) is 6.75. The van der Waals surface area contributed by atoms with Gasteiger partial charge in [-0.15, -0.1) is 0 Å². The lowest BCUT2D eigenvalue weighted by molar-refractivity contribution is 0.266. The van der Waals surface area contributed by atoms with Crippen molar-refractivity contribution in [3.63, 3.8) is 0 Å². The highest BCUT2D eigenvalue weighted by Crippen LogP contribution is 2.25. The van der Waals surface area contributed by atoms with Crippen LogP contribution in [0.4, 0.5) is 5.82 Å². The highest BCUT2D eigenvalue weighted by molar-refractivity contribution is 5.43. The molecule has 4 nitrogen and oxygen atoms in total. The molecule has 0 bridgehead atoms. The van der Waals surface area contributed by atoms with E-state index in [1.54, 1.807) is 0 Å². The van der Waals surface area contributed by atoms with Gasteiger partial charge in [0.15, 0.2) is 0 Å². The van der Waals surface area contributed by atoms with Crippen molar-refractivity contribution < 1.29 is 0 Å². The van der Waals surface area contributed by atoms with Crippen molar-refractivity contribution in [1.82, 2.24) is 15.2 Å². The summed E-state index contributed by atoms with van der Waals surface area (Å²) >= 11 is 0. The molecule has 1 aliphatic heterocycles. The fraction of sp³-hybridized carbons (Fsp3) is 0.706. The van der Waals surface area contributed by atoms with E-state index in [-0.39, 0.29) is 0 Å². The minimum atomic E-state index is 0.504. The first-order valence-corrected chi connectivity index (χ1v) is 7.99. The third-order valence-corrected chi connectivity index (χ3v) is 4.44. The Balaban J connectivity index is 2.07. The van der Waals surface area contributed by atoms with E-state index in [1.165, 1.54) is 5.56 Å². The maximum absolute atomic E-state index is 4.83. The Labute approximate surface area is 129 Å². The molecular formula is C17H30N4. The fourth-order valence-electron chi connectivity index (χ4n) is 3.06. The molecule has 2 atom stereocenters. The van der Waals surface area contributed by atoms with Crippen molar-refractivity contribution in [2.45, 2.75) is 46.3 Å². The number of pyridine rings is 1. The Bertz CT molecular complexity index is 470. The Morgan fingerprint density at radius 1 is 1.33 bits per heavy atom. The molecule has 2 rings (SSSR count). The first-order valence-electron chi connectivity index (χ1n) is 7.99. The van der Waals surface area contributed by atoms with Gasteiger partial charge in [-0.3, -0.25) is 0 Å². The van der Waals surface area contributed by atoms with Crippen LogP contribution in [0.25, 0.3) is 0 Å². The molecule has 1 aromatic heterocycles. The van der Waals surface area contributed by atoms with Gasteiger partial charge in [0.1, 0.15) is 5.82 Å². The van der Waals surface area contributed by atoms with Crippen LogP contribution in [0.1, 0.15) is 32.0 Å². The molecule has 0 aliphatic carbocycles. The molecule has 0 spiro atoms. The zero-order valence-corrected chi connectivity index (χ0v) is 14.3. The van der Waals surface area contributed by atoms with Gasteiger partial charge in [0.2, 0.25) is 0 Å². The average molecular weight is 290 g/mol. The Hall–Kier alpha value is -1.13. The molecule has 2 unspecified atom stereocenters. The maximum atomic E-state index is 4.83. The predicted octanol–water partition coefficient (Wildman–Crippen LogP) is 2.27. The van der Waals surface area contributed by atoms with Gasteiger partial charge in [-0.05, 0) is 38.6 Å². The van der Waals surface area contributed by atoms with Gasteiger partial charge in [0.25, 0.3) is 0 Å². The van der Waals surface area contributed by atoms with Crippen molar-refractivity contribution in [3.05, 3.63) is 23.4 Å². The van der Waals surface area contributed by atoms with Crippen LogP contribution in [0.15, 0.2) is 12.1 Å². The minimum absolute atomic E-state index is 0.504. The zero-order chi connectivity index (χ0) is 15.6. The van der Waals surface area contributed by atoms with Gasteiger partial charge in [-0.2, -0.15) is 0 Å². The van der Waals surface area contributed by atoms with Crippen LogP contribution >= 0.6 is 0 Å². The van der Waals surface area contributed by atoms with Crippen LogP contribution in [0.2, 0.25) is 0 Å². The third kappa shape index (κ3) is 3.95. The molecule has 1 fully saturated rings. The summed E-state index contributed by atoms with van der Waals surface area (Å²) in [5.74, 6) is 1.81. The number of aromatic nitrogens is 1. The molecule has 1 aromatic rings. The number of anilines is 1. The largest absolute Gasteiger partial charge is 0.355 e. The summed E-state index contributed by atoms with van der Waals surface area (Å²) in [6, 6.07) is 5.52. The molecule has 4 heteroatoms. The van der Waals surface area contributed by atoms with Gasteiger partial charge in [0, 0.05) is 37.4 Å². The number of nitrogens with one attached hydrogen (secondary N) is 1. The van der Waals surface area contributed by atoms with Crippen LogP contribution in [0.5, 0.6) is 0 Å². The van der Waals surface area contributed by atoms with Crippen LogP contribution in [-0.2, 0) is 6.54 Å². The quantitative estimate of drug-likeness (QED) is 0.901. The van der Waals surface area contributed by atoms with Gasteiger partial charge in [-0.25, -0.2) is 4.98 Å². The zero-order valence-electron chi connectivity index (χ0n) is 14.3. The number of likely N-dealkylation sites (N-methyl/N-ethyl adjacent to an activating group) is 1. The average Bonchev–Trinajstić information content (AvgIpc) is 2.79. The highest BCUT2D eigenvalue weighted by Gasteiger charge is 2.31. The highest BCUT2D eigenvalue weighted by atomic mass is 15.3. The lowest BCUT2D eigenvalue weighted by Crippen LogP contribution is -2.34. The van der Waals surface area contributed by atoms with Crippen molar-refractivity contribution in [2.75, 3.05) is 32.1 Å². The maximum Gasteiger partial charge on any atom is 0.128 e. The SMILES string of the molecule is Cc1nc(N2CC(C)C(N(C)C)C2)ccc1CNC(C)C. The van der Waals surface area contributed by atoms with E-state index in [2.05, 4.69) is 69.0 Å². The molecule has 1 saturated heterocycles. The smallest absolute Gasteiger partial charge is 0.128 e. The second-order valence-electron chi connectivity index (χ2n) is 6.86. The lowest BCUT2D eigenvalue weighted by Gasteiger charge is -2.23. The van der Waals surface area contributed by atoms with Crippen LogP contribution < -0.4 is 10.2 Å². The van der Waals surface area contributed by atoms with Crippen molar-refractivity contribution in [2.24, 2.45) is 5.92 Å². The second-order valence-corrected chi connectivity index (χ2v) is 6.86. The molecule has 0 saturated carbocycles. The van der Waals surface area contributed by atoms with Crippen LogP contribution in [0, 0.1) is 12.8 Å². The van der Waals surface area contributed by atoms with Crippen LogP contribution in [0.3, 0.4) is 0 Å². The molecule has 1 aliphatic rings. The molecule has 1 N–H and O–H groups in total. The monoisotopic (exact) mass is 290 g/mol. The van der Waals surface area contributed by atoms with E-state index in [0.29, 0.717) is 18.0 Å². The summed E-state index contributed by atoms with van der Waals surface area (Å²) in [6.07, 6.45) is 0. The van der Waals surface area contributed by atoms with E-state index in [1.807, 2.05) is 0 Å². The Morgan fingerprint density at radius 3 is 2.57 bits per heavy atom. The summed E-state index contributed by atoms with van der Waals surface area (Å²) in [5, 5.41) is 3.46. The van der Waals surface area contributed by atoms with Gasteiger partial charge in [0.05, 0.1) is 0 Å². The predicted molar refractivity (Wildman–Crippen MR) is 89.8 cm³/mol. The summed E-state index contributed by atoms with van der Waals surface area (Å²) < 4.78 is 0. The molecular weight excluding hydrogens is 260 g/mol. The normalized spacial score (nSPS) is 22.6. The summed E-state index contributed by atoms with van der Waals surface area (Å²) in [5.41, 5.74) is 2.44. The van der Waals surface area contributed by atoms with E-state index < -0.39 is 0 Å². The number of rotatable bonds is 5. The molecule has 21 heavy (non-hydrogen) atoms. The number of hydrogen-bond acceptors (Lipinski definition) is 4. The summed E-state index contributed by atoms with van der Waals surface area (Å²) in [6.45, 7) is 11.9. The first kappa shape index (κ1) is 16.2. The molecule has 118 valence electrons. The van der Waals surface area contributed by atoms with Crippen molar-refractivity contribution in [3.8, 4) is 0 Å². The Morgan fingerprint density at radius 2 is 2.05 bits per heavy atom. The number of hydrogen-bond donors (Lipinski definition) is 1. The van der Waals surface area contributed by atoms with Gasteiger partial charge in [-0.1, -0.05) is 26.8 Å². The topological polar surface area (TPSA) is 31.4 Å². The van der Waals surface area contributed by atoms with Gasteiger partial charge >= 0.3 is 0 Å². The number of aryl methyl sites for hydroxylation is 1. The van der Waals surface area contributed by atoms with E-state index in [9.17, 15) is 0 Å². The standard InChI is InChI=1S/C17H30N4/c1-12(2)18-9-15-7-8-17(19-14(15)4)21-10-13(3)16(11-21)20(5)6/h7-8,12-13,16,18H,9-11H2,1-6H3. The van der Waals surface area contributed by atoms with Crippen molar-refractivity contribution in [1.29, 1.82) is 0 Å². The van der Waals surface area contributed by atoms with E-state index in [0.717, 1.165) is 31.1 Å². The molecule has 0 aromatic carbocycles. The molecule has 0 amide bonds. The molecule has 2 heterocycles. The van der Waals surface area contributed by atoms with Gasteiger partial charge < -0.3 is 15.1 Å². The number of nitrogens with zero attached hydrogens (tertiary/aromatic N) is 3. The molecule has 0 radical (unpaired) electrons. The first-order chi connectivity index (χ1) is 9.88. The lowest BCUT2D eigenvalue weighted by atomic mass is 10.1. The Kier molecular flexibility index (Phi) is 5.22. The van der Waals surface area contributed by atoms with E-state index in [4.69, 9.17) is 4.98 Å². The summed E-state index contributed by atoms with van der Waals surface area (Å²) in [7, 11) is 4.34. The van der Waals surface area contributed by atoms with Crippen molar-refractivity contribution >= 4 is 5.82 Å². The van der Waals surface area contributed by atoms with Crippen LogP contribution in [-0.4, -0.2) is 49.2 Å². The van der Waals surface area contributed by atoms with E-state index >= 15 is 0 Å². The fourth-order valence-corrected chi connectivity index (χ4v) is 3.06. The minimum Gasteiger partial charge on any atom is -0.355 e. The third-order valence-electron chi connectivity index (χ3n) is 4.44.